The molecule has 0 saturated heterocycles. The van der Waals surface area contributed by atoms with E-state index in [1.165, 1.54) is 72.3 Å². The number of anilines is 3. The minimum Gasteiger partial charge on any atom is -0.310 e. The molecule has 8 aromatic carbocycles. The molecule has 1 heteroatoms. The summed E-state index contributed by atoms with van der Waals surface area (Å²) >= 11 is 0. The van der Waals surface area contributed by atoms with Crippen LogP contribution in [0.1, 0.15) is 45.4 Å². The van der Waals surface area contributed by atoms with Gasteiger partial charge in [-0.2, -0.15) is 0 Å². The number of fused-ring (bicyclic) bond motifs is 9. The van der Waals surface area contributed by atoms with Gasteiger partial charge in [-0.25, -0.2) is 0 Å². The monoisotopic (exact) mass is 753 g/mol. The number of hydrogen-bond acceptors (Lipinski definition) is 1. The Balaban J connectivity index is 0.974. The van der Waals surface area contributed by atoms with Crippen molar-refractivity contribution in [1.29, 1.82) is 0 Å². The first-order valence-electron chi connectivity index (χ1n) is 21.1. The van der Waals surface area contributed by atoms with Crippen molar-refractivity contribution in [2.75, 3.05) is 4.90 Å². The second kappa shape index (κ2) is 13.3. The Kier molecular flexibility index (Phi) is 7.69. The number of allylic oxidation sites excluding steroid dienone is 4. The Bertz CT molecular complexity index is 2950. The molecule has 0 radical (unpaired) electrons. The van der Waals surface area contributed by atoms with Gasteiger partial charge in [0.15, 0.2) is 0 Å². The number of hydrogen-bond donors (Lipinski definition) is 0. The summed E-state index contributed by atoms with van der Waals surface area (Å²) in [5.41, 5.74) is 21.0. The standard InChI is InChI=1S/C58H43N/c1-4-18-44(19-5-1)58(45-20-6-2-7-21-45)54-27-15-13-25-50(54)52-35-33-48(37-56(52)58)59(46-22-8-3-9-23-46)47-31-28-40(29-32-47)41-30-34-51-49-24-12-14-26-53(49)57(55(51)36-41)38-42-16-10-11-17-43(42)39-57/h1-20,22-37,45H,21,38-39H2. The minimum absolute atomic E-state index is 0.0262. The molecule has 12 rings (SSSR count). The number of nitrogens with zero attached hydrogens (tertiary/aromatic N) is 1. The first-order valence-corrected chi connectivity index (χ1v) is 21.1. The highest BCUT2D eigenvalue weighted by molar-refractivity contribution is 5.89. The third-order valence-electron chi connectivity index (χ3n) is 13.9. The fraction of sp³-hybridized carbons (Fsp3) is 0.103. The highest BCUT2D eigenvalue weighted by Gasteiger charge is 2.50. The number of benzene rings is 8. The van der Waals surface area contributed by atoms with E-state index in [0.29, 0.717) is 0 Å². The molecular weight excluding hydrogens is 711 g/mol. The zero-order valence-corrected chi connectivity index (χ0v) is 32.9. The lowest BCUT2D eigenvalue weighted by atomic mass is 9.62. The Morgan fingerprint density at radius 2 is 0.966 bits per heavy atom. The van der Waals surface area contributed by atoms with E-state index in [0.717, 1.165) is 36.3 Å². The fourth-order valence-electron chi connectivity index (χ4n) is 11.4. The van der Waals surface area contributed by atoms with Gasteiger partial charge in [0, 0.05) is 22.5 Å². The maximum atomic E-state index is 2.50. The molecule has 0 saturated carbocycles. The second-order valence-corrected chi connectivity index (χ2v) is 16.8. The van der Waals surface area contributed by atoms with Gasteiger partial charge in [-0.1, -0.05) is 176 Å². The van der Waals surface area contributed by atoms with Crippen molar-refractivity contribution in [1.82, 2.24) is 0 Å². The van der Waals surface area contributed by atoms with Gasteiger partial charge >= 0.3 is 0 Å². The molecule has 0 aromatic heterocycles. The molecule has 280 valence electrons. The molecule has 8 aromatic rings. The molecule has 59 heavy (non-hydrogen) atoms. The Morgan fingerprint density at radius 1 is 0.407 bits per heavy atom. The van der Waals surface area contributed by atoms with Crippen LogP contribution >= 0.6 is 0 Å². The van der Waals surface area contributed by atoms with Crippen LogP contribution in [0.3, 0.4) is 0 Å². The van der Waals surface area contributed by atoms with Crippen LogP contribution in [0.2, 0.25) is 0 Å². The zero-order valence-electron chi connectivity index (χ0n) is 32.9. The van der Waals surface area contributed by atoms with Gasteiger partial charge in [-0.15, -0.1) is 0 Å². The summed E-state index contributed by atoms with van der Waals surface area (Å²) in [5.74, 6) is 0.273. The lowest BCUT2D eigenvalue weighted by Gasteiger charge is -2.40. The molecule has 4 aliphatic rings. The summed E-state index contributed by atoms with van der Waals surface area (Å²) in [7, 11) is 0. The predicted molar refractivity (Wildman–Crippen MR) is 245 cm³/mol. The summed E-state index contributed by atoms with van der Waals surface area (Å²) in [6.07, 6.45) is 12.3. The van der Waals surface area contributed by atoms with E-state index in [1.807, 2.05) is 0 Å². The largest absolute Gasteiger partial charge is 0.310 e. The quantitative estimate of drug-likeness (QED) is 0.163. The summed E-state index contributed by atoms with van der Waals surface area (Å²) < 4.78 is 0. The molecular formula is C58H43N. The molecule has 0 aliphatic heterocycles. The maximum Gasteiger partial charge on any atom is 0.0529 e. The Morgan fingerprint density at radius 3 is 1.69 bits per heavy atom. The van der Waals surface area contributed by atoms with E-state index in [-0.39, 0.29) is 16.7 Å². The van der Waals surface area contributed by atoms with E-state index in [1.54, 1.807) is 0 Å². The first kappa shape index (κ1) is 34.1. The van der Waals surface area contributed by atoms with Gasteiger partial charge in [-0.05, 0) is 140 Å². The van der Waals surface area contributed by atoms with E-state index >= 15 is 0 Å². The van der Waals surface area contributed by atoms with Crippen LogP contribution in [0.5, 0.6) is 0 Å². The van der Waals surface area contributed by atoms with E-state index in [4.69, 9.17) is 0 Å². The molecule has 1 spiro atoms. The molecule has 0 amide bonds. The highest BCUT2D eigenvalue weighted by atomic mass is 15.1. The van der Waals surface area contributed by atoms with Gasteiger partial charge in [0.05, 0.1) is 5.41 Å². The molecule has 0 N–H and O–H groups in total. The summed E-state index contributed by atoms with van der Waals surface area (Å²) in [5, 5.41) is 0. The predicted octanol–water partition coefficient (Wildman–Crippen LogP) is 14.3. The molecule has 0 heterocycles. The minimum atomic E-state index is -0.331. The van der Waals surface area contributed by atoms with Crippen molar-refractivity contribution in [3.8, 4) is 33.4 Å². The summed E-state index contributed by atoms with van der Waals surface area (Å²) in [4.78, 5) is 2.43. The third kappa shape index (κ3) is 5.04. The topological polar surface area (TPSA) is 3.24 Å². The van der Waals surface area contributed by atoms with Crippen molar-refractivity contribution >= 4 is 17.1 Å². The SMILES string of the molecule is C1=CCC(C2(c3ccccc3)c3ccccc3-c3ccc(N(c4ccccc4)c4ccc(-c5ccc6c(c5)C5(Cc7ccccc7C5)c5ccccc5-6)cc4)cc32)C=C1. The normalized spacial score (nSPS) is 18.5. The lowest BCUT2D eigenvalue weighted by Crippen LogP contribution is -2.35. The van der Waals surface area contributed by atoms with Gasteiger partial charge in [0.2, 0.25) is 0 Å². The smallest absolute Gasteiger partial charge is 0.0529 e. The fourth-order valence-corrected chi connectivity index (χ4v) is 11.4. The van der Waals surface area contributed by atoms with Crippen LogP contribution in [0, 0.1) is 5.92 Å². The van der Waals surface area contributed by atoms with Crippen molar-refractivity contribution in [2.24, 2.45) is 5.92 Å². The number of rotatable bonds is 6. The molecule has 2 unspecified atom stereocenters. The van der Waals surface area contributed by atoms with Gasteiger partial charge in [-0.3, -0.25) is 0 Å². The van der Waals surface area contributed by atoms with Crippen LogP contribution in [-0.2, 0) is 23.7 Å². The second-order valence-electron chi connectivity index (χ2n) is 16.8. The molecule has 2 atom stereocenters. The van der Waals surface area contributed by atoms with Gasteiger partial charge in [0.1, 0.15) is 0 Å². The van der Waals surface area contributed by atoms with Crippen LogP contribution in [-0.4, -0.2) is 0 Å². The highest BCUT2D eigenvalue weighted by Crippen LogP contribution is 2.59. The van der Waals surface area contributed by atoms with Gasteiger partial charge in [0.25, 0.3) is 0 Å². The van der Waals surface area contributed by atoms with Crippen molar-refractivity contribution in [2.45, 2.75) is 30.1 Å². The zero-order chi connectivity index (χ0) is 39.0. The van der Waals surface area contributed by atoms with Gasteiger partial charge < -0.3 is 4.90 Å². The van der Waals surface area contributed by atoms with Crippen LogP contribution in [0.4, 0.5) is 17.1 Å². The average Bonchev–Trinajstić information content (AvgIpc) is 3.94. The number of para-hydroxylation sites is 1. The summed E-state index contributed by atoms with van der Waals surface area (Å²) in [6, 6.07) is 73.0. The van der Waals surface area contributed by atoms with Crippen LogP contribution in [0.25, 0.3) is 33.4 Å². The average molecular weight is 754 g/mol. The van der Waals surface area contributed by atoms with E-state index < -0.39 is 0 Å². The first-order chi connectivity index (χ1) is 29.2. The summed E-state index contributed by atoms with van der Waals surface area (Å²) in [6.45, 7) is 0. The maximum absolute atomic E-state index is 2.50. The van der Waals surface area contributed by atoms with E-state index in [9.17, 15) is 0 Å². The molecule has 1 nitrogen and oxygen atoms in total. The lowest BCUT2D eigenvalue weighted by molar-refractivity contribution is 0.457. The van der Waals surface area contributed by atoms with Crippen molar-refractivity contribution in [3.05, 3.63) is 257 Å². The molecule has 0 fully saturated rings. The Labute approximate surface area is 347 Å². The van der Waals surface area contributed by atoms with E-state index in [2.05, 4.69) is 223 Å². The third-order valence-corrected chi connectivity index (χ3v) is 13.9. The van der Waals surface area contributed by atoms with Crippen molar-refractivity contribution in [3.63, 3.8) is 0 Å². The molecule has 0 bridgehead atoms. The Hall–Kier alpha value is -6.96. The van der Waals surface area contributed by atoms with Crippen LogP contribution < -0.4 is 4.90 Å². The molecule has 4 aliphatic carbocycles. The van der Waals surface area contributed by atoms with Crippen LogP contribution in [0.15, 0.2) is 218 Å². The van der Waals surface area contributed by atoms with Crippen molar-refractivity contribution < 1.29 is 0 Å².